The van der Waals surface area contributed by atoms with Crippen molar-refractivity contribution in [2.24, 2.45) is 0 Å². The molecule has 0 amide bonds. The zero-order chi connectivity index (χ0) is 17.5. The SMILES string of the molecule is CCOC(=O)C=Cc1cc(-c2ccccc2)cc(-c2ccccc2)c1. The predicted molar refractivity (Wildman–Crippen MR) is 103 cm³/mol. The molecule has 0 atom stereocenters. The Labute approximate surface area is 148 Å². The van der Waals surface area contributed by atoms with Gasteiger partial charge in [-0.15, -0.1) is 0 Å². The summed E-state index contributed by atoms with van der Waals surface area (Å²) < 4.78 is 4.97. The molecular formula is C23H20O2. The monoisotopic (exact) mass is 328 g/mol. The van der Waals surface area contributed by atoms with Gasteiger partial charge < -0.3 is 4.74 Å². The fraction of sp³-hybridized carbons (Fsp3) is 0.0870. The van der Waals surface area contributed by atoms with Crippen LogP contribution in [-0.4, -0.2) is 12.6 Å². The average molecular weight is 328 g/mol. The lowest BCUT2D eigenvalue weighted by atomic mass is 9.96. The summed E-state index contributed by atoms with van der Waals surface area (Å²) in [5, 5.41) is 0. The second-order valence-electron chi connectivity index (χ2n) is 5.66. The van der Waals surface area contributed by atoms with Crippen LogP contribution in [0.3, 0.4) is 0 Å². The Morgan fingerprint density at radius 3 is 1.80 bits per heavy atom. The maximum absolute atomic E-state index is 11.6. The summed E-state index contributed by atoms with van der Waals surface area (Å²) in [6, 6.07) is 26.8. The van der Waals surface area contributed by atoms with E-state index >= 15 is 0 Å². The van der Waals surface area contributed by atoms with Crippen LogP contribution >= 0.6 is 0 Å². The zero-order valence-corrected chi connectivity index (χ0v) is 14.2. The molecule has 0 unspecified atom stereocenters. The Hall–Kier alpha value is -3.13. The number of carbonyl (C=O) groups excluding carboxylic acids is 1. The van der Waals surface area contributed by atoms with E-state index in [2.05, 4.69) is 42.5 Å². The fourth-order valence-corrected chi connectivity index (χ4v) is 2.70. The van der Waals surface area contributed by atoms with Gasteiger partial charge in [-0.05, 0) is 59.0 Å². The van der Waals surface area contributed by atoms with Gasteiger partial charge in [0.25, 0.3) is 0 Å². The molecule has 0 aliphatic heterocycles. The second-order valence-corrected chi connectivity index (χ2v) is 5.66. The summed E-state index contributed by atoms with van der Waals surface area (Å²) >= 11 is 0. The third kappa shape index (κ3) is 4.45. The van der Waals surface area contributed by atoms with Gasteiger partial charge in [0.1, 0.15) is 0 Å². The molecule has 0 radical (unpaired) electrons. The molecule has 0 N–H and O–H groups in total. The minimum atomic E-state index is -0.325. The first kappa shape index (κ1) is 16.7. The van der Waals surface area contributed by atoms with Crippen molar-refractivity contribution < 1.29 is 9.53 Å². The van der Waals surface area contributed by atoms with Crippen molar-refractivity contribution in [2.75, 3.05) is 6.61 Å². The van der Waals surface area contributed by atoms with Crippen molar-refractivity contribution in [3.8, 4) is 22.3 Å². The molecule has 0 heterocycles. The quantitative estimate of drug-likeness (QED) is 0.450. The van der Waals surface area contributed by atoms with Gasteiger partial charge in [-0.3, -0.25) is 0 Å². The second kappa shape index (κ2) is 8.11. The van der Waals surface area contributed by atoms with Crippen LogP contribution in [0.25, 0.3) is 28.3 Å². The van der Waals surface area contributed by atoms with Crippen molar-refractivity contribution in [2.45, 2.75) is 6.92 Å². The average Bonchev–Trinajstić information content (AvgIpc) is 2.68. The minimum absolute atomic E-state index is 0.325. The van der Waals surface area contributed by atoms with Crippen molar-refractivity contribution in [3.63, 3.8) is 0 Å². The summed E-state index contributed by atoms with van der Waals surface area (Å²) in [6.45, 7) is 2.18. The molecule has 124 valence electrons. The van der Waals surface area contributed by atoms with E-state index in [1.807, 2.05) is 36.4 Å². The maximum Gasteiger partial charge on any atom is 0.330 e. The lowest BCUT2D eigenvalue weighted by Crippen LogP contribution is -1.98. The number of carbonyl (C=O) groups is 1. The first-order valence-corrected chi connectivity index (χ1v) is 8.37. The molecule has 0 aliphatic rings. The molecule has 3 rings (SSSR count). The number of ether oxygens (including phenoxy) is 1. The van der Waals surface area contributed by atoms with Gasteiger partial charge >= 0.3 is 5.97 Å². The topological polar surface area (TPSA) is 26.3 Å². The zero-order valence-electron chi connectivity index (χ0n) is 14.2. The number of hydrogen-bond acceptors (Lipinski definition) is 2. The van der Waals surface area contributed by atoms with Gasteiger partial charge in [-0.1, -0.05) is 60.7 Å². The molecule has 25 heavy (non-hydrogen) atoms. The number of rotatable bonds is 5. The lowest BCUT2D eigenvalue weighted by molar-refractivity contribution is -0.137. The van der Waals surface area contributed by atoms with Crippen LogP contribution in [0.2, 0.25) is 0 Å². The van der Waals surface area contributed by atoms with Crippen LogP contribution in [0, 0.1) is 0 Å². The van der Waals surface area contributed by atoms with Crippen LogP contribution in [0.1, 0.15) is 12.5 Å². The van der Waals surface area contributed by atoms with Crippen LogP contribution in [0.5, 0.6) is 0 Å². The Kier molecular flexibility index (Phi) is 5.43. The molecule has 0 spiro atoms. The number of esters is 1. The molecule has 0 aliphatic carbocycles. The normalized spacial score (nSPS) is 10.8. The summed E-state index contributed by atoms with van der Waals surface area (Å²) in [5.41, 5.74) is 5.49. The molecule has 3 aromatic carbocycles. The van der Waals surface area contributed by atoms with E-state index in [1.165, 1.54) is 6.08 Å². The fourth-order valence-electron chi connectivity index (χ4n) is 2.70. The lowest BCUT2D eigenvalue weighted by Gasteiger charge is -2.09. The molecular weight excluding hydrogens is 308 g/mol. The Balaban J connectivity index is 2.04. The van der Waals surface area contributed by atoms with Crippen LogP contribution in [0.15, 0.2) is 84.9 Å². The van der Waals surface area contributed by atoms with Gasteiger partial charge in [0, 0.05) is 6.08 Å². The van der Waals surface area contributed by atoms with E-state index in [1.54, 1.807) is 13.0 Å². The van der Waals surface area contributed by atoms with Gasteiger partial charge in [-0.2, -0.15) is 0 Å². The molecule has 0 fully saturated rings. The maximum atomic E-state index is 11.6. The Bertz CT molecular complexity index is 807. The Morgan fingerprint density at radius 2 is 1.32 bits per heavy atom. The third-order valence-corrected chi connectivity index (χ3v) is 3.87. The van der Waals surface area contributed by atoms with Gasteiger partial charge in [0.2, 0.25) is 0 Å². The van der Waals surface area contributed by atoms with E-state index in [0.717, 1.165) is 27.8 Å². The molecule has 0 saturated carbocycles. The van der Waals surface area contributed by atoms with E-state index in [4.69, 9.17) is 4.74 Å². The van der Waals surface area contributed by atoms with Crippen molar-refractivity contribution in [1.29, 1.82) is 0 Å². The highest BCUT2D eigenvalue weighted by Crippen LogP contribution is 2.28. The van der Waals surface area contributed by atoms with Crippen LogP contribution in [-0.2, 0) is 9.53 Å². The first-order chi connectivity index (χ1) is 12.3. The summed E-state index contributed by atoms with van der Waals surface area (Å²) in [7, 11) is 0. The van der Waals surface area contributed by atoms with Gasteiger partial charge in [-0.25, -0.2) is 4.79 Å². The summed E-state index contributed by atoms with van der Waals surface area (Å²) in [5.74, 6) is -0.325. The molecule has 0 saturated heterocycles. The van der Waals surface area contributed by atoms with Crippen LogP contribution < -0.4 is 0 Å². The highest BCUT2D eigenvalue weighted by Gasteiger charge is 2.05. The summed E-state index contributed by atoms with van der Waals surface area (Å²) in [6.07, 6.45) is 3.28. The van der Waals surface area contributed by atoms with Gasteiger partial charge in [0.15, 0.2) is 0 Å². The predicted octanol–water partition coefficient (Wildman–Crippen LogP) is 5.60. The number of benzene rings is 3. The number of hydrogen-bond donors (Lipinski definition) is 0. The van der Waals surface area contributed by atoms with Crippen molar-refractivity contribution in [3.05, 3.63) is 90.5 Å². The summed E-state index contributed by atoms with van der Waals surface area (Å²) in [4.78, 5) is 11.6. The molecule has 3 aromatic rings. The standard InChI is InChI=1S/C23H20O2/c1-2-25-23(24)14-13-18-15-21(19-9-5-3-6-10-19)17-22(16-18)20-11-7-4-8-12-20/h3-17H,2H2,1H3. The molecule has 2 heteroatoms. The molecule has 0 bridgehead atoms. The molecule has 0 aromatic heterocycles. The smallest absolute Gasteiger partial charge is 0.330 e. The Morgan fingerprint density at radius 1 is 0.800 bits per heavy atom. The van der Waals surface area contributed by atoms with Crippen molar-refractivity contribution >= 4 is 12.0 Å². The van der Waals surface area contributed by atoms with E-state index in [-0.39, 0.29) is 5.97 Å². The highest BCUT2D eigenvalue weighted by molar-refractivity contribution is 5.88. The van der Waals surface area contributed by atoms with Crippen molar-refractivity contribution in [1.82, 2.24) is 0 Å². The largest absolute Gasteiger partial charge is 0.463 e. The third-order valence-electron chi connectivity index (χ3n) is 3.87. The van der Waals surface area contributed by atoms with E-state index in [9.17, 15) is 4.79 Å². The molecule has 2 nitrogen and oxygen atoms in total. The van der Waals surface area contributed by atoms with E-state index < -0.39 is 0 Å². The highest BCUT2D eigenvalue weighted by atomic mass is 16.5. The van der Waals surface area contributed by atoms with Gasteiger partial charge in [0.05, 0.1) is 6.61 Å². The minimum Gasteiger partial charge on any atom is -0.463 e. The van der Waals surface area contributed by atoms with Crippen LogP contribution in [0.4, 0.5) is 0 Å². The van der Waals surface area contributed by atoms with E-state index in [0.29, 0.717) is 6.61 Å². The first-order valence-electron chi connectivity index (χ1n) is 8.37.